The van der Waals surface area contributed by atoms with Crippen molar-refractivity contribution >= 4 is 5.91 Å². The minimum Gasteiger partial charge on any atom is -0.394 e. The van der Waals surface area contributed by atoms with Crippen LogP contribution in [0.2, 0.25) is 0 Å². The standard InChI is InChI=1S/C17H30N4O7/c1-11(23)19-14-16(25)15(24)13(10-22)28-17(14)12-2-4-21(20-12)5-7-27-9-8-26-6-3-18/h2,4,13-17,22,24-25H,3,5-10,18H2,1H3,(H,19,23)/t13-,14-,15+,16-,17-/m1/s1. The van der Waals surface area contributed by atoms with Crippen LogP contribution in [0.25, 0.3) is 0 Å². The molecule has 1 aromatic rings. The Morgan fingerprint density at radius 3 is 2.64 bits per heavy atom. The maximum atomic E-state index is 11.5. The third kappa shape index (κ3) is 6.21. The van der Waals surface area contributed by atoms with E-state index in [1.165, 1.54) is 6.92 Å². The Kier molecular flexibility index (Phi) is 9.25. The lowest BCUT2D eigenvalue weighted by molar-refractivity contribution is -0.198. The van der Waals surface area contributed by atoms with Crippen molar-refractivity contribution in [3.63, 3.8) is 0 Å². The van der Waals surface area contributed by atoms with Gasteiger partial charge in [0.2, 0.25) is 5.91 Å². The Morgan fingerprint density at radius 1 is 1.29 bits per heavy atom. The van der Waals surface area contributed by atoms with Crippen molar-refractivity contribution in [1.82, 2.24) is 15.1 Å². The number of carbonyl (C=O) groups is 1. The number of rotatable bonds is 11. The number of nitrogens with one attached hydrogen (secondary N) is 1. The molecule has 11 heteroatoms. The highest BCUT2D eigenvalue weighted by molar-refractivity contribution is 5.73. The number of carbonyl (C=O) groups excluding carboxylic acids is 1. The fourth-order valence-corrected chi connectivity index (χ4v) is 2.98. The number of aliphatic hydroxyl groups is 3. The number of nitrogens with two attached hydrogens (primary N) is 1. The highest BCUT2D eigenvalue weighted by atomic mass is 16.5. The molecule has 2 rings (SSSR count). The lowest BCUT2D eigenvalue weighted by atomic mass is 9.91. The molecule has 0 unspecified atom stereocenters. The SMILES string of the molecule is CC(=O)N[C@@H]1[C@@H](O)[C@@H](O)[C@@H](CO)O[C@@H]1c1ccn(CCOCCOCCN)n1. The van der Waals surface area contributed by atoms with Gasteiger partial charge in [0.25, 0.3) is 0 Å². The smallest absolute Gasteiger partial charge is 0.217 e. The molecule has 11 nitrogen and oxygen atoms in total. The molecular formula is C17H30N4O7. The van der Waals surface area contributed by atoms with E-state index in [0.29, 0.717) is 45.2 Å². The van der Waals surface area contributed by atoms with Crippen molar-refractivity contribution in [3.8, 4) is 0 Å². The zero-order valence-corrected chi connectivity index (χ0v) is 15.9. The molecule has 5 atom stereocenters. The third-order valence-electron chi connectivity index (χ3n) is 4.35. The molecule has 1 aliphatic heterocycles. The predicted molar refractivity (Wildman–Crippen MR) is 97.2 cm³/mol. The summed E-state index contributed by atoms with van der Waals surface area (Å²) in [6.07, 6.45) is -2.70. The van der Waals surface area contributed by atoms with Crippen LogP contribution in [0, 0.1) is 0 Å². The van der Waals surface area contributed by atoms with E-state index in [-0.39, 0.29) is 5.91 Å². The summed E-state index contributed by atoms with van der Waals surface area (Å²) in [4.78, 5) is 11.5. The van der Waals surface area contributed by atoms with Crippen molar-refractivity contribution in [2.24, 2.45) is 5.73 Å². The lowest BCUT2D eigenvalue weighted by Crippen LogP contribution is -2.60. The van der Waals surface area contributed by atoms with Gasteiger partial charge in [-0.1, -0.05) is 0 Å². The molecule has 6 N–H and O–H groups in total. The van der Waals surface area contributed by atoms with Crippen LogP contribution in [0.1, 0.15) is 18.7 Å². The summed E-state index contributed by atoms with van der Waals surface area (Å²) in [5.74, 6) is -0.378. The average molecular weight is 402 g/mol. The Balaban J connectivity index is 1.95. The van der Waals surface area contributed by atoms with E-state index < -0.39 is 37.1 Å². The van der Waals surface area contributed by atoms with Crippen LogP contribution in [0.15, 0.2) is 12.3 Å². The molecule has 160 valence electrons. The maximum Gasteiger partial charge on any atom is 0.217 e. The predicted octanol–water partition coefficient (Wildman–Crippen LogP) is -2.47. The first-order valence-corrected chi connectivity index (χ1v) is 9.26. The molecule has 1 saturated heterocycles. The molecular weight excluding hydrogens is 372 g/mol. The molecule has 1 fully saturated rings. The molecule has 0 spiro atoms. The van der Waals surface area contributed by atoms with Crippen molar-refractivity contribution in [3.05, 3.63) is 18.0 Å². The number of aliphatic hydroxyl groups excluding tert-OH is 3. The van der Waals surface area contributed by atoms with E-state index in [9.17, 15) is 20.1 Å². The molecule has 0 saturated carbocycles. The summed E-state index contributed by atoms with van der Waals surface area (Å²) in [5, 5.41) is 36.8. The normalized spacial score (nSPS) is 27.7. The first kappa shape index (κ1) is 22.7. The van der Waals surface area contributed by atoms with Gasteiger partial charge in [-0.25, -0.2) is 0 Å². The quantitative estimate of drug-likeness (QED) is 0.253. The van der Waals surface area contributed by atoms with Crippen LogP contribution in [-0.2, 0) is 25.5 Å². The second kappa shape index (κ2) is 11.4. The summed E-state index contributed by atoms with van der Waals surface area (Å²) >= 11 is 0. The molecule has 28 heavy (non-hydrogen) atoms. The van der Waals surface area contributed by atoms with E-state index in [2.05, 4.69) is 10.4 Å². The van der Waals surface area contributed by atoms with Gasteiger partial charge in [0, 0.05) is 19.7 Å². The second-order valence-corrected chi connectivity index (χ2v) is 6.50. The Labute approximate surface area is 163 Å². The molecule has 0 aromatic carbocycles. The van der Waals surface area contributed by atoms with Crippen molar-refractivity contribution in [1.29, 1.82) is 0 Å². The summed E-state index contributed by atoms with van der Waals surface area (Å²) < 4.78 is 18.0. The Hall–Kier alpha value is -1.60. The number of amides is 1. The van der Waals surface area contributed by atoms with Gasteiger partial charge in [-0.15, -0.1) is 0 Å². The molecule has 0 aliphatic carbocycles. The van der Waals surface area contributed by atoms with Crippen LogP contribution in [0.3, 0.4) is 0 Å². The molecule has 1 aromatic heterocycles. The van der Waals surface area contributed by atoms with Gasteiger partial charge in [0.05, 0.1) is 51.3 Å². The van der Waals surface area contributed by atoms with Gasteiger partial charge in [0.15, 0.2) is 0 Å². The van der Waals surface area contributed by atoms with E-state index in [1.54, 1.807) is 16.9 Å². The second-order valence-electron chi connectivity index (χ2n) is 6.50. The number of hydrogen-bond acceptors (Lipinski definition) is 9. The maximum absolute atomic E-state index is 11.5. The number of nitrogens with zero attached hydrogens (tertiary/aromatic N) is 2. The summed E-state index contributed by atoms with van der Waals surface area (Å²) in [6, 6.07) is 0.803. The van der Waals surface area contributed by atoms with Crippen molar-refractivity contribution < 1.29 is 34.3 Å². The minimum atomic E-state index is -1.32. The van der Waals surface area contributed by atoms with Crippen LogP contribution in [0.5, 0.6) is 0 Å². The summed E-state index contributed by atoms with van der Waals surface area (Å²) in [7, 11) is 0. The van der Waals surface area contributed by atoms with Crippen LogP contribution in [0.4, 0.5) is 0 Å². The molecule has 1 aliphatic rings. The summed E-state index contributed by atoms with van der Waals surface area (Å²) in [6.45, 7) is 3.65. The lowest BCUT2D eigenvalue weighted by Gasteiger charge is -2.42. The van der Waals surface area contributed by atoms with E-state index in [1.807, 2.05) is 0 Å². The monoisotopic (exact) mass is 402 g/mol. The first-order valence-electron chi connectivity index (χ1n) is 9.26. The van der Waals surface area contributed by atoms with Gasteiger partial charge in [0.1, 0.15) is 24.4 Å². The molecule has 0 bridgehead atoms. The fourth-order valence-electron chi connectivity index (χ4n) is 2.98. The Morgan fingerprint density at radius 2 is 2.00 bits per heavy atom. The van der Waals surface area contributed by atoms with E-state index in [4.69, 9.17) is 19.9 Å². The summed E-state index contributed by atoms with van der Waals surface area (Å²) in [5.41, 5.74) is 5.79. The van der Waals surface area contributed by atoms with Crippen LogP contribution in [-0.4, -0.2) is 94.9 Å². The largest absolute Gasteiger partial charge is 0.394 e. The molecule has 2 heterocycles. The van der Waals surface area contributed by atoms with Crippen molar-refractivity contribution in [2.45, 2.75) is 43.9 Å². The third-order valence-corrected chi connectivity index (χ3v) is 4.35. The van der Waals surface area contributed by atoms with Crippen LogP contribution < -0.4 is 11.1 Å². The Bertz CT molecular complexity index is 600. The molecule has 1 amide bonds. The first-order chi connectivity index (χ1) is 13.5. The van der Waals surface area contributed by atoms with Gasteiger partial charge < -0.3 is 40.6 Å². The van der Waals surface area contributed by atoms with Crippen LogP contribution >= 0.6 is 0 Å². The van der Waals surface area contributed by atoms with Gasteiger partial charge in [-0.2, -0.15) is 5.10 Å². The zero-order valence-electron chi connectivity index (χ0n) is 15.9. The average Bonchev–Trinajstić information content (AvgIpc) is 3.13. The number of aromatic nitrogens is 2. The minimum absolute atomic E-state index is 0.378. The highest BCUT2D eigenvalue weighted by Gasteiger charge is 2.46. The van der Waals surface area contributed by atoms with Crippen molar-refractivity contribution in [2.75, 3.05) is 39.6 Å². The highest BCUT2D eigenvalue weighted by Crippen LogP contribution is 2.31. The fraction of sp³-hybridized carbons (Fsp3) is 0.765. The number of hydrogen-bond donors (Lipinski definition) is 5. The molecule has 0 radical (unpaired) electrons. The van der Waals surface area contributed by atoms with Gasteiger partial charge >= 0.3 is 0 Å². The topological polar surface area (TPSA) is 161 Å². The number of ether oxygens (including phenoxy) is 3. The van der Waals surface area contributed by atoms with Gasteiger partial charge in [-0.05, 0) is 6.07 Å². The zero-order chi connectivity index (χ0) is 20.5. The van der Waals surface area contributed by atoms with Gasteiger partial charge in [-0.3, -0.25) is 9.48 Å². The van der Waals surface area contributed by atoms with E-state index in [0.717, 1.165) is 0 Å². The van der Waals surface area contributed by atoms with E-state index >= 15 is 0 Å².